The Morgan fingerprint density at radius 1 is 1.00 bits per heavy atom. The molecule has 0 spiro atoms. The van der Waals surface area contributed by atoms with Crippen LogP contribution in [0.2, 0.25) is 0 Å². The van der Waals surface area contributed by atoms with E-state index in [1.807, 2.05) is 41.0 Å². The van der Waals surface area contributed by atoms with Gasteiger partial charge in [-0.05, 0) is 64.5 Å². The number of carbonyl (C=O) groups is 1. The van der Waals surface area contributed by atoms with Crippen LogP contribution in [0.4, 0.5) is 0 Å². The van der Waals surface area contributed by atoms with Gasteiger partial charge in [0, 0.05) is 17.8 Å². The van der Waals surface area contributed by atoms with E-state index in [1.165, 1.54) is 5.56 Å². The third-order valence-corrected chi connectivity index (χ3v) is 6.54. The van der Waals surface area contributed by atoms with Crippen LogP contribution >= 0.6 is 0 Å². The maximum Gasteiger partial charge on any atom is 0.170 e. The average Bonchev–Trinajstić information content (AvgIpc) is 3.23. The molecule has 1 unspecified atom stereocenters. The normalized spacial score (nSPS) is 12.2. The highest BCUT2D eigenvalue weighted by atomic mass is 32.2. The zero-order chi connectivity index (χ0) is 22.8. The summed E-state index contributed by atoms with van der Waals surface area (Å²) in [5, 5.41) is 0. The minimum Gasteiger partial charge on any atom is -0.612 e. The summed E-state index contributed by atoms with van der Waals surface area (Å²) in [6.45, 7) is 6.37. The van der Waals surface area contributed by atoms with Gasteiger partial charge in [0.15, 0.2) is 11.2 Å². The number of imidazole rings is 1. The summed E-state index contributed by atoms with van der Waals surface area (Å²) in [4.78, 5) is 17.0. The highest BCUT2D eigenvalue weighted by molar-refractivity contribution is 7.90. The Labute approximate surface area is 192 Å². The number of hydrogen-bond acceptors (Lipinski definition) is 3. The van der Waals surface area contributed by atoms with E-state index in [-0.39, 0.29) is 0 Å². The molecule has 0 fully saturated rings. The van der Waals surface area contributed by atoms with Crippen molar-refractivity contribution in [2.45, 2.75) is 31.6 Å². The summed E-state index contributed by atoms with van der Waals surface area (Å²) in [6, 6.07) is 22.2. The second-order valence-corrected chi connectivity index (χ2v) is 9.58. The van der Waals surface area contributed by atoms with Crippen molar-refractivity contribution in [3.8, 4) is 28.2 Å². The molecule has 4 nitrogen and oxygen atoms in total. The Balaban J connectivity index is 1.83. The van der Waals surface area contributed by atoms with Gasteiger partial charge in [-0.1, -0.05) is 56.3 Å². The predicted molar refractivity (Wildman–Crippen MR) is 131 cm³/mol. The monoisotopic (exact) mass is 442 g/mol. The minimum absolute atomic E-state index is 0.330. The lowest BCUT2D eigenvalue weighted by Gasteiger charge is -2.16. The molecule has 5 heteroatoms. The number of aromatic nitrogens is 2. The fourth-order valence-electron chi connectivity index (χ4n) is 3.99. The molecule has 1 heterocycles. The van der Waals surface area contributed by atoms with E-state index in [0.717, 1.165) is 44.9 Å². The number of hydrogen-bond donors (Lipinski definition) is 0. The molecule has 0 saturated heterocycles. The molecule has 162 valence electrons. The standard InChI is InChI=1S/C27H26N2O2S/c1-18(2)24-10-5-6-11-25(24)27-28-22(17-30)16-29(27)26-13-12-21(14-19(26)3)20-8-7-9-23(15-20)32(4)31/h5-18H,1-4H3. The van der Waals surface area contributed by atoms with Crippen molar-refractivity contribution in [3.63, 3.8) is 0 Å². The van der Waals surface area contributed by atoms with E-state index in [2.05, 4.69) is 56.1 Å². The van der Waals surface area contributed by atoms with Gasteiger partial charge in [-0.2, -0.15) is 0 Å². The Bertz CT molecular complexity index is 1270. The molecule has 0 radical (unpaired) electrons. The second kappa shape index (κ2) is 9.15. The van der Waals surface area contributed by atoms with E-state index in [1.54, 1.807) is 12.5 Å². The molecule has 0 aliphatic carbocycles. The van der Waals surface area contributed by atoms with Gasteiger partial charge in [0.05, 0.1) is 5.69 Å². The van der Waals surface area contributed by atoms with Crippen LogP contribution in [0.25, 0.3) is 28.2 Å². The number of aryl methyl sites for hydroxylation is 1. The molecule has 0 N–H and O–H groups in total. The van der Waals surface area contributed by atoms with Crippen LogP contribution in [0.1, 0.15) is 41.4 Å². The van der Waals surface area contributed by atoms with Gasteiger partial charge in [-0.25, -0.2) is 4.98 Å². The maximum atomic E-state index is 11.9. The van der Waals surface area contributed by atoms with Crippen LogP contribution in [0.15, 0.2) is 77.8 Å². The Hall–Kier alpha value is -3.15. The first-order chi connectivity index (χ1) is 15.4. The van der Waals surface area contributed by atoms with Crippen molar-refractivity contribution in [2.75, 3.05) is 6.26 Å². The van der Waals surface area contributed by atoms with E-state index in [0.29, 0.717) is 11.6 Å². The van der Waals surface area contributed by atoms with Gasteiger partial charge in [-0.15, -0.1) is 0 Å². The third-order valence-electron chi connectivity index (χ3n) is 5.62. The molecular weight excluding hydrogens is 416 g/mol. The summed E-state index contributed by atoms with van der Waals surface area (Å²) >= 11 is -1.03. The van der Waals surface area contributed by atoms with Crippen LogP contribution in [0.5, 0.6) is 0 Å². The quantitative estimate of drug-likeness (QED) is 0.264. The predicted octanol–water partition coefficient (Wildman–Crippen LogP) is 6.19. The molecule has 4 rings (SSSR count). The highest BCUT2D eigenvalue weighted by Crippen LogP contribution is 2.32. The first-order valence-electron chi connectivity index (χ1n) is 10.6. The number of nitrogens with zero attached hydrogens (tertiary/aromatic N) is 2. The molecule has 0 aliphatic heterocycles. The number of aldehydes is 1. The molecule has 0 saturated carbocycles. The molecule has 0 amide bonds. The molecule has 1 atom stereocenters. The molecular formula is C27H26N2O2S. The van der Waals surface area contributed by atoms with Crippen LogP contribution in [0.3, 0.4) is 0 Å². The molecule has 0 bridgehead atoms. The molecule has 1 aromatic heterocycles. The van der Waals surface area contributed by atoms with Gasteiger partial charge >= 0.3 is 0 Å². The van der Waals surface area contributed by atoms with Crippen molar-refractivity contribution >= 4 is 17.5 Å². The largest absolute Gasteiger partial charge is 0.612 e. The van der Waals surface area contributed by atoms with Gasteiger partial charge in [0.2, 0.25) is 0 Å². The Kier molecular flexibility index (Phi) is 6.31. The zero-order valence-corrected chi connectivity index (χ0v) is 19.5. The smallest absolute Gasteiger partial charge is 0.170 e. The van der Waals surface area contributed by atoms with E-state index in [9.17, 15) is 9.35 Å². The van der Waals surface area contributed by atoms with Crippen molar-refractivity contribution in [1.82, 2.24) is 9.55 Å². The first-order valence-corrected chi connectivity index (χ1v) is 12.1. The van der Waals surface area contributed by atoms with Crippen LogP contribution < -0.4 is 0 Å². The number of carbonyl (C=O) groups excluding carboxylic acids is 1. The topological polar surface area (TPSA) is 58.0 Å². The highest BCUT2D eigenvalue weighted by Gasteiger charge is 2.17. The lowest BCUT2D eigenvalue weighted by molar-refractivity contribution is 0.111. The van der Waals surface area contributed by atoms with Crippen molar-refractivity contribution in [3.05, 3.63) is 89.7 Å². The Morgan fingerprint density at radius 3 is 2.44 bits per heavy atom. The summed E-state index contributed by atoms with van der Waals surface area (Å²) in [5.41, 5.74) is 6.73. The van der Waals surface area contributed by atoms with Gasteiger partial charge in [0.1, 0.15) is 17.8 Å². The van der Waals surface area contributed by atoms with E-state index >= 15 is 0 Å². The lowest BCUT2D eigenvalue weighted by Crippen LogP contribution is -2.02. The summed E-state index contributed by atoms with van der Waals surface area (Å²) in [5.74, 6) is 1.09. The SMILES string of the molecule is Cc1cc(-c2cccc([S+](C)[O-])c2)ccc1-n1cc(C=O)nc1-c1ccccc1C(C)C. The van der Waals surface area contributed by atoms with Gasteiger partial charge in [-0.3, -0.25) is 9.36 Å². The van der Waals surface area contributed by atoms with Crippen molar-refractivity contribution < 1.29 is 9.35 Å². The third kappa shape index (κ3) is 4.27. The van der Waals surface area contributed by atoms with Gasteiger partial charge < -0.3 is 4.55 Å². The first kappa shape index (κ1) is 22.1. The van der Waals surface area contributed by atoms with Crippen LogP contribution in [-0.2, 0) is 11.2 Å². The fraction of sp³-hybridized carbons (Fsp3) is 0.185. The zero-order valence-electron chi connectivity index (χ0n) is 18.7. The lowest BCUT2D eigenvalue weighted by atomic mass is 9.96. The Morgan fingerprint density at radius 2 is 1.75 bits per heavy atom. The molecule has 4 aromatic rings. The van der Waals surface area contributed by atoms with Crippen LogP contribution in [-0.4, -0.2) is 26.6 Å². The van der Waals surface area contributed by atoms with E-state index in [4.69, 9.17) is 0 Å². The summed E-state index contributed by atoms with van der Waals surface area (Å²) in [7, 11) is 0. The molecule has 3 aromatic carbocycles. The number of benzene rings is 3. The molecule has 32 heavy (non-hydrogen) atoms. The van der Waals surface area contributed by atoms with Crippen molar-refractivity contribution in [1.29, 1.82) is 0 Å². The average molecular weight is 443 g/mol. The fourth-order valence-corrected chi connectivity index (χ4v) is 4.56. The molecule has 0 aliphatic rings. The summed E-state index contributed by atoms with van der Waals surface area (Å²) < 4.78 is 13.9. The minimum atomic E-state index is -1.03. The maximum absolute atomic E-state index is 11.9. The summed E-state index contributed by atoms with van der Waals surface area (Å²) in [6.07, 6.45) is 4.27. The van der Waals surface area contributed by atoms with Crippen molar-refractivity contribution in [2.24, 2.45) is 0 Å². The second-order valence-electron chi connectivity index (χ2n) is 8.20. The van der Waals surface area contributed by atoms with E-state index < -0.39 is 11.2 Å². The van der Waals surface area contributed by atoms with Crippen LogP contribution in [0, 0.1) is 6.92 Å². The number of rotatable bonds is 6. The van der Waals surface area contributed by atoms with Gasteiger partial charge in [0.25, 0.3) is 0 Å².